The topological polar surface area (TPSA) is 63.6 Å². The number of H-pyrrole nitrogens is 1. The van der Waals surface area contributed by atoms with Gasteiger partial charge in [-0.3, -0.25) is 9.48 Å². The second-order valence-corrected chi connectivity index (χ2v) is 6.92. The number of hydrogen-bond acceptors (Lipinski definition) is 3. The molecule has 154 valence electrons. The summed E-state index contributed by atoms with van der Waals surface area (Å²) in [6.07, 6.45) is -0.594. The molecule has 1 N–H and O–H groups in total. The third kappa shape index (κ3) is 3.94. The fourth-order valence-electron chi connectivity index (χ4n) is 3.15. The number of benzene rings is 1. The molecule has 0 fully saturated rings. The Balaban J connectivity index is 2.05. The molecule has 1 aromatic carbocycles. The lowest BCUT2D eigenvalue weighted by Gasteiger charge is -2.30. The molecule has 9 heteroatoms. The third-order valence-corrected chi connectivity index (χ3v) is 5.07. The number of nitrogens with one attached hydrogen (secondary N) is 1. The summed E-state index contributed by atoms with van der Waals surface area (Å²) in [5, 5.41) is 4.28. The van der Waals surface area contributed by atoms with E-state index in [1.54, 1.807) is 20.0 Å². The molecule has 0 amide bonds. The predicted molar refractivity (Wildman–Crippen MR) is 99.9 cm³/mol. The van der Waals surface area contributed by atoms with E-state index < -0.39 is 23.1 Å². The van der Waals surface area contributed by atoms with Crippen LogP contribution < -0.4 is 5.56 Å². The van der Waals surface area contributed by atoms with Crippen LogP contribution in [-0.4, -0.2) is 19.7 Å². The van der Waals surface area contributed by atoms with E-state index in [0.29, 0.717) is 36.0 Å². The Morgan fingerprint density at radius 3 is 2.48 bits per heavy atom. The zero-order valence-corrected chi connectivity index (χ0v) is 16.1. The van der Waals surface area contributed by atoms with Crippen molar-refractivity contribution in [2.45, 2.75) is 45.3 Å². The molecule has 0 spiro atoms. The first-order chi connectivity index (χ1) is 13.6. The van der Waals surface area contributed by atoms with Gasteiger partial charge in [0.1, 0.15) is 11.6 Å². The van der Waals surface area contributed by atoms with E-state index in [9.17, 15) is 22.4 Å². The quantitative estimate of drug-likeness (QED) is 0.631. The van der Waals surface area contributed by atoms with Crippen LogP contribution in [0.3, 0.4) is 0 Å². The number of halogens is 4. The maximum atomic E-state index is 14.6. The van der Waals surface area contributed by atoms with Crippen LogP contribution in [0.15, 0.2) is 41.5 Å². The normalized spacial score (nSPS) is 14.0. The van der Waals surface area contributed by atoms with Crippen molar-refractivity contribution in [3.63, 3.8) is 0 Å². The summed E-state index contributed by atoms with van der Waals surface area (Å²) in [7, 11) is 0. The lowest BCUT2D eigenvalue weighted by atomic mass is 9.88. The van der Waals surface area contributed by atoms with Crippen molar-refractivity contribution >= 4 is 0 Å². The fourth-order valence-corrected chi connectivity index (χ4v) is 3.15. The first-order valence-electron chi connectivity index (χ1n) is 9.11. The molecular weight excluding hydrogens is 388 g/mol. The van der Waals surface area contributed by atoms with Crippen LogP contribution in [-0.2, 0) is 18.1 Å². The number of alkyl halides is 3. The minimum atomic E-state index is -4.62. The van der Waals surface area contributed by atoms with Crippen LogP contribution >= 0.6 is 0 Å². The fraction of sp³-hybridized carbons (Fsp3) is 0.350. The Kier molecular flexibility index (Phi) is 5.34. The second-order valence-electron chi connectivity index (χ2n) is 6.92. The number of aromatic nitrogens is 4. The minimum absolute atomic E-state index is 0.0933. The molecule has 1 unspecified atom stereocenters. The summed E-state index contributed by atoms with van der Waals surface area (Å²) < 4.78 is 54.7. The van der Waals surface area contributed by atoms with Crippen molar-refractivity contribution in [1.29, 1.82) is 0 Å². The van der Waals surface area contributed by atoms with Crippen LogP contribution in [0.2, 0.25) is 0 Å². The Morgan fingerprint density at radius 1 is 1.17 bits per heavy atom. The second kappa shape index (κ2) is 7.46. The van der Waals surface area contributed by atoms with E-state index >= 15 is 0 Å². The van der Waals surface area contributed by atoms with Crippen molar-refractivity contribution in [2.24, 2.45) is 0 Å². The van der Waals surface area contributed by atoms with Crippen LogP contribution in [0.5, 0.6) is 0 Å². The molecular formula is C20H20F4N4O. The van der Waals surface area contributed by atoms with Crippen molar-refractivity contribution in [3.8, 4) is 11.3 Å². The molecule has 0 aliphatic heterocycles. The molecule has 29 heavy (non-hydrogen) atoms. The van der Waals surface area contributed by atoms with Gasteiger partial charge in [0, 0.05) is 29.8 Å². The molecule has 2 aromatic heterocycles. The third-order valence-electron chi connectivity index (χ3n) is 5.07. The van der Waals surface area contributed by atoms with Gasteiger partial charge in [0.2, 0.25) is 0 Å². The number of rotatable bonds is 5. The van der Waals surface area contributed by atoms with Gasteiger partial charge in [-0.2, -0.15) is 18.3 Å². The summed E-state index contributed by atoms with van der Waals surface area (Å²) in [6, 6.07) is 3.84. The number of hydrogen-bond donors (Lipinski definition) is 1. The molecule has 0 saturated carbocycles. The van der Waals surface area contributed by atoms with Gasteiger partial charge in [-0.25, -0.2) is 9.37 Å². The lowest BCUT2D eigenvalue weighted by molar-refractivity contribution is -0.137. The summed E-state index contributed by atoms with van der Waals surface area (Å²) in [5.41, 5.74) is -1.30. The summed E-state index contributed by atoms with van der Waals surface area (Å²) in [5.74, 6) is -0.434. The van der Waals surface area contributed by atoms with Crippen LogP contribution in [0, 0.1) is 5.82 Å². The maximum absolute atomic E-state index is 14.6. The molecule has 3 aromatic rings. The van der Waals surface area contributed by atoms with Crippen molar-refractivity contribution < 1.29 is 17.6 Å². The zero-order valence-electron chi connectivity index (χ0n) is 16.1. The smallest absolute Gasteiger partial charge is 0.311 e. The van der Waals surface area contributed by atoms with E-state index in [2.05, 4.69) is 15.1 Å². The summed E-state index contributed by atoms with van der Waals surface area (Å²) in [6.45, 7) is 5.34. The lowest BCUT2D eigenvalue weighted by Crippen LogP contribution is -2.32. The van der Waals surface area contributed by atoms with E-state index in [4.69, 9.17) is 0 Å². The van der Waals surface area contributed by atoms with Gasteiger partial charge < -0.3 is 4.98 Å². The standard InChI is InChI=1S/C20H20F4N4O/c1-4-17-26-16(9-18(29)27-17)12-10-25-28(11-12)19(3,5-2)14-7-6-13(8-15(14)21)20(22,23)24/h6-11H,4-5H2,1-3H3,(H,26,27,29). The highest BCUT2D eigenvalue weighted by atomic mass is 19.4. The van der Waals surface area contributed by atoms with E-state index in [0.717, 1.165) is 12.1 Å². The maximum Gasteiger partial charge on any atom is 0.416 e. The molecule has 0 saturated heterocycles. The van der Waals surface area contributed by atoms with E-state index in [-0.39, 0.29) is 11.1 Å². The molecule has 0 bridgehead atoms. The average molecular weight is 408 g/mol. The molecule has 0 aliphatic rings. The van der Waals surface area contributed by atoms with E-state index in [1.165, 1.54) is 16.9 Å². The summed E-state index contributed by atoms with van der Waals surface area (Å²) >= 11 is 0. The zero-order chi connectivity index (χ0) is 21.4. The van der Waals surface area contributed by atoms with E-state index in [1.807, 2.05) is 6.92 Å². The van der Waals surface area contributed by atoms with Gasteiger partial charge in [-0.1, -0.05) is 19.9 Å². The highest BCUT2D eigenvalue weighted by Crippen LogP contribution is 2.36. The Labute approximate surface area is 164 Å². The molecule has 5 nitrogen and oxygen atoms in total. The van der Waals surface area contributed by atoms with Crippen molar-refractivity contribution in [1.82, 2.24) is 19.7 Å². The predicted octanol–water partition coefficient (Wildman–Crippen LogP) is 4.53. The minimum Gasteiger partial charge on any atom is -0.311 e. The Morgan fingerprint density at radius 2 is 1.90 bits per heavy atom. The van der Waals surface area contributed by atoms with Gasteiger partial charge in [0.25, 0.3) is 5.56 Å². The van der Waals surface area contributed by atoms with Gasteiger partial charge in [-0.15, -0.1) is 0 Å². The molecule has 0 radical (unpaired) electrons. The summed E-state index contributed by atoms with van der Waals surface area (Å²) in [4.78, 5) is 18.8. The van der Waals surface area contributed by atoms with Gasteiger partial charge in [0.05, 0.1) is 23.0 Å². The SMILES string of the molecule is CCc1nc(-c2cnn(C(C)(CC)c3ccc(C(F)(F)F)cc3F)c2)cc(=O)[nH]1. The van der Waals surface area contributed by atoms with Gasteiger partial charge in [-0.05, 0) is 25.5 Å². The Bertz CT molecular complexity index is 1090. The highest BCUT2D eigenvalue weighted by molar-refractivity contribution is 5.56. The average Bonchev–Trinajstić information content (AvgIpc) is 3.17. The number of nitrogens with zero attached hydrogens (tertiary/aromatic N) is 3. The first kappa shape index (κ1) is 20.8. The van der Waals surface area contributed by atoms with Crippen LogP contribution in [0.4, 0.5) is 17.6 Å². The monoisotopic (exact) mass is 408 g/mol. The highest BCUT2D eigenvalue weighted by Gasteiger charge is 2.35. The number of aryl methyl sites for hydroxylation is 1. The molecule has 2 heterocycles. The van der Waals surface area contributed by atoms with Gasteiger partial charge in [0.15, 0.2) is 0 Å². The number of aromatic amines is 1. The van der Waals surface area contributed by atoms with Crippen molar-refractivity contribution in [3.05, 3.63) is 69.8 Å². The molecule has 0 aliphatic carbocycles. The van der Waals surface area contributed by atoms with Crippen LogP contribution in [0.1, 0.15) is 44.1 Å². The van der Waals surface area contributed by atoms with Crippen LogP contribution in [0.25, 0.3) is 11.3 Å². The molecule has 1 atom stereocenters. The largest absolute Gasteiger partial charge is 0.416 e. The van der Waals surface area contributed by atoms with Crippen molar-refractivity contribution in [2.75, 3.05) is 0 Å². The Hall–Kier alpha value is -2.97. The molecule has 3 rings (SSSR count). The van der Waals surface area contributed by atoms with Gasteiger partial charge >= 0.3 is 6.18 Å². The first-order valence-corrected chi connectivity index (χ1v) is 9.11.